The van der Waals surface area contributed by atoms with E-state index in [-0.39, 0.29) is 23.9 Å². The van der Waals surface area contributed by atoms with E-state index in [1.54, 1.807) is 29.1 Å². The molecule has 2 bridgehead atoms. The lowest BCUT2D eigenvalue weighted by Crippen LogP contribution is -2.55. The minimum Gasteiger partial charge on any atom is -0.507 e. The van der Waals surface area contributed by atoms with Crippen molar-refractivity contribution in [2.75, 3.05) is 6.54 Å². The number of aromatic nitrogens is 4. The Morgan fingerprint density at radius 3 is 2.87 bits per heavy atom. The first-order chi connectivity index (χ1) is 14.3. The van der Waals surface area contributed by atoms with Crippen molar-refractivity contribution in [3.8, 4) is 27.2 Å². The molecule has 1 aliphatic carbocycles. The molecule has 3 heterocycles. The van der Waals surface area contributed by atoms with Gasteiger partial charge in [0.05, 0.1) is 16.9 Å². The number of phenols is 1. The fourth-order valence-corrected chi connectivity index (χ4v) is 4.78. The van der Waals surface area contributed by atoms with E-state index in [1.165, 1.54) is 0 Å². The van der Waals surface area contributed by atoms with Crippen LogP contribution in [-0.2, 0) is 0 Å². The lowest BCUT2D eigenvalue weighted by atomic mass is 9.83. The van der Waals surface area contributed by atoms with Gasteiger partial charge >= 0.3 is 0 Å². The second kappa shape index (κ2) is 6.95. The van der Waals surface area contributed by atoms with E-state index in [0.29, 0.717) is 16.3 Å². The van der Waals surface area contributed by atoms with E-state index >= 15 is 0 Å². The summed E-state index contributed by atoms with van der Waals surface area (Å²) in [7, 11) is 0. The molecule has 4 atom stereocenters. The molecule has 1 aliphatic heterocycles. The normalized spacial score (nSPS) is 27.3. The van der Waals surface area contributed by atoms with Crippen LogP contribution < -0.4 is 10.1 Å². The highest BCUT2D eigenvalue weighted by atomic mass is 32.1. The molecule has 7 nitrogen and oxygen atoms in total. The van der Waals surface area contributed by atoms with Gasteiger partial charge in [-0.3, -0.25) is 0 Å². The maximum atomic E-state index is 14.6. The quantitative estimate of drug-likeness (QED) is 0.653. The predicted octanol–water partition coefficient (Wildman–Crippen LogP) is 3.12. The van der Waals surface area contributed by atoms with Gasteiger partial charge in [0.2, 0.25) is 0 Å². The number of alkyl halides is 3. The van der Waals surface area contributed by atoms with E-state index in [1.807, 2.05) is 13.0 Å². The summed E-state index contributed by atoms with van der Waals surface area (Å²) in [5, 5.41) is 25.6. The van der Waals surface area contributed by atoms with Crippen LogP contribution in [0, 0.1) is 12.8 Å². The van der Waals surface area contributed by atoms with Crippen molar-refractivity contribution in [3.63, 3.8) is 0 Å². The average Bonchev–Trinajstić information content (AvgIpc) is 3.37. The SMILES string of the molecule is Cc1ccn(-c2ccc(-c3nnc(OC4CC5CNC(C4F)C5(F)F)s3)c(O)c2)n1. The highest BCUT2D eigenvalue weighted by molar-refractivity contribution is 7.16. The van der Waals surface area contributed by atoms with Gasteiger partial charge in [-0.05, 0) is 31.5 Å². The van der Waals surface area contributed by atoms with Gasteiger partial charge in [0, 0.05) is 24.7 Å². The molecule has 11 heteroatoms. The molecule has 2 N–H and O–H groups in total. The van der Waals surface area contributed by atoms with Crippen LogP contribution in [0.2, 0.25) is 0 Å². The number of halogens is 3. The summed E-state index contributed by atoms with van der Waals surface area (Å²) in [6.07, 6.45) is -1.19. The molecule has 1 saturated carbocycles. The zero-order valence-electron chi connectivity index (χ0n) is 15.8. The van der Waals surface area contributed by atoms with Crippen LogP contribution in [0.1, 0.15) is 12.1 Å². The van der Waals surface area contributed by atoms with Crippen molar-refractivity contribution in [3.05, 3.63) is 36.2 Å². The zero-order valence-corrected chi connectivity index (χ0v) is 16.6. The van der Waals surface area contributed by atoms with Crippen LogP contribution in [0.25, 0.3) is 16.3 Å². The first-order valence-electron chi connectivity index (χ1n) is 9.44. The van der Waals surface area contributed by atoms with Gasteiger partial charge in [-0.1, -0.05) is 16.4 Å². The van der Waals surface area contributed by atoms with Gasteiger partial charge in [0.15, 0.2) is 11.2 Å². The lowest BCUT2D eigenvalue weighted by molar-refractivity contribution is -0.124. The molecule has 1 aromatic carbocycles. The molecule has 0 spiro atoms. The third-order valence-electron chi connectivity index (χ3n) is 5.59. The Morgan fingerprint density at radius 2 is 2.13 bits per heavy atom. The van der Waals surface area contributed by atoms with Crippen molar-refractivity contribution in [1.82, 2.24) is 25.3 Å². The molecular weight excluding hydrogens is 419 g/mol. The van der Waals surface area contributed by atoms with Crippen molar-refractivity contribution in [1.29, 1.82) is 0 Å². The number of benzene rings is 1. The highest BCUT2D eigenvalue weighted by Crippen LogP contribution is 2.45. The summed E-state index contributed by atoms with van der Waals surface area (Å²) >= 11 is 1.02. The topological polar surface area (TPSA) is 85.1 Å². The summed E-state index contributed by atoms with van der Waals surface area (Å²) in [5.41, 5.74) is 1.96. The molecular formula is C19H18F3N5O2S. The first-order valence-corrected chi connectivity index (χ1v) is 10.3. The van der Waals surface area contributed by atoms with Gasteiger partial charge in [-0.15, -0.1) is 5.10 Å². The van der Waals surface area contributed by atoms with Gasteiger partial charge in [-0.2, -0.15) is 5.10 Å². The van der Waals surface area contributed by atoms with E-state index < -0.39 is 30.2 Å². The highest BCUT2D eigenvalue weighted by Gasteiger charge is 2.62. The number of hydrogen-bond donors (Lipinski definition) is 2. The average molecular weight is 437 g/mol. The smallest absolute Gasteiger partial charge is 0.294 e. The van der Waals surface area contributed by atoms with Gasteiger partial charge in [0.1, 0.15) is 17.9 Å². The number of fused-ring (bicyclic) bond motifs is 2. The van der Waals surface area contributed by atoms with Crippen molar-refractivity contribution < 1.29 is 23.0 Å². The predicted molar refractivity (Wildman–Crippen MR) is 103 cm³/mol. The summed E-state index contributed by atoms with van der Waals surface area (Å²) in [4.78, 5) is 0. The van der Waals surface area contributed by atoms with Crippen LogP contribution in [0.4, 0.5) is 13.2 Å². The maximum Gasteiger partial charge on any atom is 0.294 e. The van der Waals surface area contributed by atoms with Crippen LogP contribution >= 0.6 is 11.3 Å². The van der Waals surface area contributed by atoms with Crippen LogP contribution in [0.5, 0.6) is 10.9 Å². The molecule has 158 valence electrons. The number of phenolic OH excluding ortho intramolecular Hbond substituents is 1. The third kappa shape index (κ3) is 3.12. The van der Waals surface area contributed by atoms with E-state index in [4.69, 9.17) is 4.74 Å². The Labute approximate surface area is 173 Å². The number of nitrogens with one attached hydrogen (secondary N) is 1. The third-order valence-corrected chi connectivity index (χ3v) is 6.44. The minimum absolute atomic E-state index is 0.0220. The fraction of sp³-hybridized carbons (Fsp3) is 0.421. The van der Waals surface area contributed by atoms with Gasteiger partial charge < -0.3 is 15.2 Å². The Balaban J connectivity index is 1.34. The number of aryl methyl sites for hydroxylation is 1. The van der Waals surface area contributed by atoms with Crippen LogP contribution in [-0.4, -0.2) is 55.9 Å². The number of hydrogen-bond acceptors (Lipinski definition) is 7. The van der Waals surface area contributed by atoms with Crippen molar-refractivity contribution in [2.45, 2.75) is 37.6 Å². The lowest BCUT2D eigenvalue weighted by Gasteiger charge is -2.36. The largest absolute Gasteiger partial charge is 0.507 e. The number of aromatic hydroxyl groups is 1. The van der Waals surface area contributed by atoms with Crippen LogP contribution in [0.3, 0.4) is 0 Å². The Morgan fingerprint density at radius 1 is 1.30 bits per heavy atom. The molecule has 2 aromatic heterocycles. The van der Waals surface area contributed by atoms with Gasteiger partial charge in [0.25, 0.3) is 11.1 Å². The monoisotopic (exact) mass is 437 g/mol. The molecule has 2 aliphatic rings. The summed E-state index contributed by atoms with van der Waals surface area (Å²) in [6, 6.07) is 5.30. The summed E-state index contributed by atoms with van der Waals surface area (Å²) in [6.45, 7) is 1.93. The maximum absolute atomic E-state index is 14.6. The summed E-state index contributed by atoms with van der Waals surface area (Å²) < 4.78 is 49.8. The first kappa shape index (κ1) is 19.3. The molecule has 0 amide bonds. The molecule has 1 saturated heterocycles. The Kier molecular flexibility index (Phi) is 4.47. The van der Waals surface area contributed by atoms with Crippen molar-refractivity contribution in [2.24, 2.45) is 5.92 Å². The Hall–Kier alpha value is -2.66. The second-order valence-corrected chi connectivity index (χ2v) is 8.51. The molecule has 3 aromatic rings. The van der Waals surface area contributed by atoms with Crippen LogP contribution in [0.15, 0.2) is 30.5 Å². The Bertz CT molecular complexity index is 1090. The fourth-order valence-electron chi connectivity index (χ4n) is 4.00. The van der Waals surface area contributed by atoms with E-state index in [9.17, 15) is 18.3 Å². The minimum atomic E-state index is -3.08. The number of rotatable bonds is 4. The van der Waals surface area contributed by atoms with Crippen molar-refractivity contribution >= 4 is 11.3 Å². The number of ether oxygens (including phenoxy) is 1. The van der Waals surface area contributed by atoms with Gasteiger partial charge in [-0.25, -0.2) is 17.9 Å². The second-order valence-electron chi connectivity index (χ2n) is 7.57. The molecule has 0 radical (unpaired) electrons. The zero-order chi connectivity index (χ0) is 21.0. The molecule has 30 heavy (non-hydrogen) atoms. The molecule has 2 fully saturated rings. The van der Waals surface area contributed by atoms with E-state index in [0.717, 1.165) is 17.0 Å². The van der Waals surface area contributed by atoms with E-state index in [2.05, 4.69) is 20.6 Å². The molecule has 5 rings (SSSR count). The molecule has 4 unspecified atom stereocenters. The summed E-state index contributed by atoms with van der Waals surface area (Å²) in [5.74, 6) is -4.06. The number of nitrogens with zero attached hydrogens (tertiary/aromatic N) is 4. The standard InChI is InChI=1S/C19H18F3N5O2S/c1-9-4-5-27(26-9)11-2-3-12(13(28)7-11)17-24-25-18(30-17)29-14-6-10-8-23-16(15(14)20)19(10,21)22/h2-5,7,10,14-16,23,28H,6,8H2,1H3.